The van der Waals surface area contributed by atoms with E-state index in [1.165, 1.54) is 17.7 Å². The third-order valence-corrected chi connectivity index (χ3v) is 7.05. The average Bonchev–Trinajstić information content (AvgIpc) is 2.88. The molecule has 1 amide bonds. The molecule has 0 saturated carbocycles. The summed E-state index contributed by atoms with van der Waals surface area (Å²) in [6, 6.07) is 7.67. The molecular weight excluding hydrogens is 485 g/mol. The standard InChI is InChI=1S/C27H33F3N4O3/c28-27(29,30)21-8-1-5-19(15-21)23(16-24(35)36)33-26(37)20-7-3-13-34(17-20)14-4-9-22-11-10-18-6-2-12-31-25(18)32-22/h1,5,8,10-11,15,20,23H,2-4,6-7,9,12-14,16-17H2,(H,31,32)(H,33,37)(H,35,36). The quantitative estimate of drug-likeness (QED) is 0.455. The number of carbonyl (C=O) groups is 2. The molecule has 7 nitrogen and oxygen atoms in total. The van der Waals surface area contributed by atoms with Crippen LogP contribution in [0, 0.1) is 5.92 Å². The lowest BCUT2D eigenvalue weighted by atomic mass is 9.95. The number of anilines is 1. The van der Waals surface area contributed by atoms with Crippen LogP contribution in [0.1, 0.15) is 60.5 Å². The number of benzene rings is 1. The Morgan fingerprint density at radius 3 is 2.84 bits per heavy atom. The van der Waals surface area contributed by atoms with Crippen LogP contribution in [-0.4, -0.2) is 53.0 Å². The van der Waals surface area contributed by atoms with Crippen LogP contribution in [0.15, 0.2) is 36.4 Å². The number of piperidine rings is 1. The number of halogens is 3. The average molecular weight is 519 g/mol. The lowest BCUT2D eigenvalue weighted by Crippen LogP contribution is -2.44. The molecule has 2 atom stereocenters. The van der Waals surface area contributed by atoms with Crippen LogP contribution in [0.25, 0.3) is 0 Å². The Bertz CT molecular complexity index is 1110. The number of aromatic nitrogens is 1. The van der Waals surface area contributed by atoms with E-state index in [-0.39, 0.29) is 17.4 Å². The second-order valence-electron chi connectivity index (χ2n) is 9.87. The van der Waals surface area contributed by atoms with Gasteiger partial charge in [0.25, 0.3) is 0 Å². The van der Waals surface area contributed by atoms with Gasteiger partial charge in [-0.1, -0.05) is 18.2 Å². The van der Waals surface area contributed by atoms with Gasteiger partial charge in [-0.15, -0.1) is 0 Å². The van der Waals surface area contributed by atoms with Crippen molar-refractivity contribution in [3.8, 4) is 0 Å². The van der Waals surface area contributed by atoms with E-state index in [0.717, 1.165) is 75.4 Å². The normalized spacial score (nSPS) is 18.9. The number of hydrogen-bond donors (Lipinski definition) is 3. The van der Waals surface area contributed by atoms with Gasteiger partial charge in [-0.3, -0.25) is 9.59 Å². The van der Waals surface area contributed by atoms with E-state index in [1.807, 2.05) is 0 Å². The summed E-state index contributed by atoms with van der Waals surface area (Å²) in [5.74, 6) is -0.883. The number of alkyl halides is 3. The number of fused-ring (bicyclic) bond motifs is 1. The van der Waals surface area contributed by atoms with Crippen LogP contribution in [-0.2, 0) is 28.6 Å². The van der Waals surface area contributed by atoms with Crippen molar-refractivity contribution < 1.29 is 27.9 Å². The van der Waals surface area contributed by atoms with Gasteiger partial charge in [0.05, 0.1) is 23.9 Å². The number of carbonyl (C=O) groups excluding carboxylic acids is 1. The predicted molar refractivity (Wildman–Crippen MR) is 133 cm³/mol. The topological polar surface area (TPSA) is 94.6 Å². The van der Waals surface area contributed by atoms with Gasteiger partial charge < -0.3 is 20.6 Å². The molecule has 4 rings (SSSR count). The minimum atomic E-state index is -4.55. The van der Waals surface area contributed by atoms with Crippen LogP contribution in [0.4, 0.5) is 19.0 Å². The number of pyridine rings is 1. The minimum Gasteiger partial charge on any atom is -0.481 e. The summed E-state index contributed by atoms with van der Waals surface area (Å²) >= 11 is 0. The largest absolute Gasteiger partial charge is 0.481 e. The van der Waals surface area contributed by atoms with Gasteiger partial charge in [0, 0.05) is 18.8 Å². The molecule has 1 fully saturated rings. The number of aryl methyl sites for hydroxylation is 2. The first-order chi connectivity index (χ1) is 17.7. The molecule has 2 aliphatic rings. The Balaban J connectivity index is 1.32. The number of likely N-dealkylation sites (tertiary alicyclic amines) is 1. The van der Waals surface area contributed by atoms with Crippen LogP contribution in [0.2, 0.25) is 0 Å². The maximum absolute atomic E-state index is 13.2. The SMILES string of the molecule is O=C(O)CC(NC(=O)C1CCCN(CCCc2ccc3c(n2)NCCC3)C1)c1cccc(C(F)(F)F)c1. The van der Waals surface area contributed by atoms with Crippen molar-refractivity contribution in [2.75, 3.05) is 31.5 Å². The van der Waals surface area contributed by atoms with Crippen LogP contribution in [0.5, 0.6) is 0 Å². The summed E-state index contributed by atoms with van der Waals surface area (Å²) in [6.07, 6.45) is 0.331. The van der Waals surface area contributed by atoms with Crippen molar-refractivity contribution >= 4 is 17.7 Å². The number of nitrogens with zero attached hydrogens (tertiary/aromatic N) is 2. The first-order valence-corrected chi connectivity index (χ1v) is 12.8. The fourth-order valence-corrected chi connectivity index (χ4v) is 5.11. The van der Waals surface area contributed by atoms with Crippen molar-refractivity contribution in [3.05, 3.63) is 58.8 Å². The molecule has 0 radical (unpaired) electrons. The van der Waals surface area contributed by atoms with Gasteiger partial charge in [0.2, 0.25) is 5.91 Å². The molecule has 2 unspecified atom stereocenters. The first kappa shape index (κ1) is 26.9. The maximum Gasteiger partial charge on any atom is 0.416 e. The highest BCUT2D eigenvalue weighted by Gasteiger charge is 2.32. The minimum absolute atomic E-state index is 0.130. The Morgan fingerprint density at radius 2 is 2.05 bits per heavy atom. The zero-order valence-electron chi connectivity index (χ0n) is 20.7. The molecule has 37 heavy (non-hydrogen) atoms. The van der Waals surface area contributed by atoms with Crippen molar-refractivity contribution in [1.82, 2.24) is 15.2 Å². The molecule has 1 aromatic heterocycles. The second kappa shape index (κ2) is 11.9. The number of carboxylic acids is 1. The lowest BCUT2D eigenvalue weighted by Gasteiger charge is -2.33. The zero-order chi connectivity index (χ0) is 26.4. The first-order valence-electron chi connectivity index (χ1n) is 12.8. The third-order valence-electron chi connectivity index (χ3n) is 7.05. The van der Waals surface area contributed by atoms with E-state index in [0.29, 0.717) is 13.0 Å². The van der Waals surface area contributed by atoms with E-state index < -0.39 is 30.2 Å². The van der Waals surface area contributed by atoms with E-state index in [9.17, 15) is 27.9 Å². The molecule has 1 aromatic carbocycles. The number of amides is 1. The highest BCUT2D eigenvalue weighted by molar-refractivity contribution is 5.80. The summed E-state index contributed by atoms with van der Waals surface area (Å²) in [4.78, 5) is 31.4. The van der Waals surface area contributed by atoms with Crippen molar-refractivity contribution in [3.63, 3.8) is 0 Å². The monoisotopic (exact) mass is 518 g/mol. The van der Waals surface area contributed by atoms with E-state index >= 15 is 0 Å². The molecule has 3 N–H and O–H groups in total. The molecule has 10 heteroatoms. The summed E-state index contributed by atoms with van der Waals surface area (Å²) in [7, 11) is 0. The fraction of sp³-hybridized carbons (Fsp3) is 0.519. The highest BCUT2D eigenvalue weighted by Crippen LogP contribution is 2.31. The summed E-state index contributed by atoms with van der Waals surface area (Å²) in [5, 5.41) is 15.4. The molecule has 2 aliphatic heterocycles. The zero-order valence-corrected chi connectivity index (χ0v) is 20.7. The van der Waals surface area contributed by atoms with Crippen molar-refractivity contribution in [2.45, 2.75) is 57.2 Å². The number of rotatable bonds is 9. The molecule has 0 spiro atoms. The van der Waals surface area contributed by atoms with Gasteiger partial charge in [-0.05, 0) is 80.9 Å². The molecule has 1 saturated heterocycles. The van der Waals surface area contributed by atoms with E-state index in [4.69, 9.17) is 4.98 Å². The molecule has 2 aromatic rings. The summed E-state index contributed by atoms with van der Waals surface area (Å²) < 4.78 is 39.5. The Hall–Kier alpha value is -3.14. The number of nitrogens with one attached hydrogen (secondary N) is 2. The van der Waals surface area contributed by atoms with E-state index in [2.05, 4.69) is 27.7 Å². The van der Waals surface area contributed by atoms with Gasteiger partial charge >= 0.3 is 12.1 Å². The number of carboxylic acid groups (broad SMARTS) is 1. The molecule has 3 heterocycles. The second-order valence-corrected chi connectivity index (χ2v) is 9.87. The maximum atomic E-state index is 13.2. The van der Waals surface area contributed by atoms with Gasteiger partial charge in [0.15, 0.2) is 0 Å². The Labute approximate surface area is 214 Å². The molecule has 0 bridgehead atoms. The Morgan fingerprint density at radius 1 is 1.22 bits per heavy atom. The highest BCUT2D eigenvalue weighted by atomic mass is 19.4. The van der Waals surface area contributed by atoms with Gasteiger partial charge in [-0.2, -0.15) is 13.2 Å². The number of aliphatic carboxylic acids is 1. The fourth-order valence-electron chi connectivity index (χ4n) is 5.11. The molecule has 200 valence electrons. The van der Waals surface area contributed by atoms with Crippen molar-refractivity contribution in [1.29, 1.82) is 0 Å². The summed E-state index contributed by atoms with van der Waals surface area (Å²) in [6.45, 7) is 3.16. The van der Waals surface area contributed by atoms with Crippen molar-refractivity contribution in [2.24, 2.45) is 5.92 Å². The third kappa shape index (κ3) is 7.44. The van der Waals surface area contributed by atoms with Crippen LogP contribution >= 0.6 is 0 Å². The van der Waals surface area contributed by atoms with Crippen LogP contribution in [0.3, 0.4) is 0 Å². The number of hydrogen-bond acceptors (Lipinski definition) is 5. The lowest BCUT2D eigenvalue weighted by molar-refractivity contribution is -0.138. The Kier molecular flexibility index (Phi) is 8.68. The van der Waals surface area contributed by atoms with Crippen LogP contribution < -0.4 is 10.6 Å². The van der Waals surface area contributed by atoms with Gasteiger partial charge in [0.1, 0.15) is 5.82 Å². The van der Waals surface area contributed by atoms with Gasteiger partial charge in [-0.25, -0.2) is 4.98 Å². The van der Waals surface area contributed by atoms with E-state index in [1.54, 1.807) is 0 Å². The summed E-state index contributed by atoms with van der Waals surface area (Å²) in [5.41, 5.74) is 1.55. The molecular formula is C27H33F3N4O3. The predicted octanol–water partition coefficient (Wildman–Crippen LogP) is 4.44. The molecule has 0 aliphatic carbocycles. The smallest absolute Gasteiger partial charge is 0.416 e.